The topological polar surface area (TPSA) is 55.6 Å². The molecule has 0 bridgehead atoms. The lowest BCUT2D eigenvalue weighted by Gasteiger charge is -2.03. The second-order valence-electron chi connectivity index (χ2n) is 5.23. The molecule has 5 nitrogen and oxygen atoms in total. The number of pyridine rings is 1. The average molecular weight is 278 g/mol. The molecule has 0 aliphatic rings. The number of aromatic nitrogens is 4. The molecule has 0 amide bonds. The Morgan fingerprint density at radius 2 is 1.86 bits per heavy atom. The quantitative estimate of drug-likeness (QED) is 0.581. The minimum atomic E-state index is 0.00203. The van der Waals surface area contributed by atoms with Crippen molar-refractivity contribution >= 4 is 21.9 Å². The number of fused-ring (bicyclic) bond motifs is 3. The first-order chi connectivity index (χ1) is 10.2. The molecule has 21 heavy (non-hydrogen) atoms. The van der Waals surface area contributed by atoms with Crippen LogP contribution in [0.25, 0.3) is 33.2 Å². The zero-order valence-corrected chi connectivity index (χ0v) is 11.8. The molecule has 1 aromatic carbocycles. The van der Waals surface area contributed by atoms with Crippen LogP contribution in [0.15, 0.2) is 47.4 Å². The lowest BCUT2D eigenvalue weighted by molar-refractivity contribution is 0.845. The number of aromatic amines is 1. The van der Waals surface area contributed by atoms with E-state index >= 15 is 0 Å². The zero-order chi connectivity index (χ0) is 14.6. The van der Waals surface area contributed by atoms with Gasteiger partial charge in [-0.3, -0.25) is 14.5 Å². The van der Waals surface area contributed by atoms with Gasteiger partial charge in [-0.25, -0.2) is 0 Å². The number of nitrogens with zero attached hydrogens (tertiary/aromatic N) is 3. The van der Waals surface area contributed by atoms with Gasteiger partial charge in [-0.15, -0.1) is 0 Å². The van der Waals surface area contributed by atoms with E-state index in [0.29, 0.717) is 0 Å². The van der Waals surface area contributed by atoms with Crippen molar-refractivity contribution in [2.45, 2.75) is 0 Å². The molecule has 5 heteroatoms. The van der Waals surface area contributed by atoms with Crippen molar-refractivity contribution in [2.24, 2.45) is 14.1 Å². The number of hydrogen-bond acceptors (Lipinski definition) is 2. The molecule has 3 heterocycles. The number of hydrogen-bond donors (Lipinski definition) is 1. The Bertz CT molecular complexity index is 1020. The van der Waals surface area contributed by atoms with Crippen LogP contribution >= 0.6 is 0 Å². The van der Waals surface area contributed by atoms with Crippen LogP contribution in [0.4, 0.5) is 0 Å². The van der Waals surface area contributed by atoms with Gasteiger partial charge in [0, 0.05) is 42.7 Å². The SMILES string of the molecule is Cn1c(=O)ccc2c3cc(-c4ccn[nH]4)ccc3n(C)c21. The molecule has 0 saturated carbocycles. The van der Waals surface area contributed by atoms with Crippen molar-refractivity contribution in [2.75, 3.05) is 0 Å². The predicted octanol–water partition coefficient (Wildman–Crippen LogP) is 2.42. The lowest BCUT2D eigenvalue weighted by atomic mass is 10.1. The van der Waals surface area contributed by atoms with Gasteiger partial charge in [-0.1, -0.05) is 6.07 Å². The molecule has 3 aromatic heterocycles. The van der Waals surface area contributed by atoms with E-state index in [-0.39, 0.29) is 5.56 Å². The van der Waals surface area contributed by atoms with Gasteiger partial charge in [0.15, 0.2) is 0 Å². The first-order valence-electron chi connectivity index (χ1n) is 6.75. The van der Waals surface area contributed by atoms with Crippen molar-refractivity contribution in [1.29, 1.82) is 0 Å². The van der Waals surface area contributed by atoms with Crippen LogP contribution in [0.3, 0.4) is 0 Å². The fourth-order valence-corrected chi connectivity index (χ4v) is 2.98. The van der Waals surface area contributed by atoms with Crippen LogP contribution in [-0.2, 0) is 14.1 Å². The maximum Gasteiger partial charge on any atom is 0.251 e. The normalized spacial score (nSPS) is 11.5. The van der Waals surface area contributed by atoms with E-state index in [1.54, 1.807) is 23.9 Å². The van der Waals surface area contributed by atoms with Crippen molar-refractivity contribution in [3.8, 4) is 11.3 Å². The Morgan fingerprint density at radius 1 is 1.00 bits per heavy atom. The summed E-state index contributed by atoms with van der Waals surface area (Å²) in [6.45, 7) is 0. The minimum Gasteiger partial charge on any atom is -0.330 e. The van der Waals surface area contributed by atoms with E-state index in [0.717, 1.165) is 33.2 Å². The summed E-state index contributed by atoms with van der Waals surface area (Å²) < 4.78 is 3.74. The second kappa shape index (κ2) is 4.09. The van der Waals surface area contributed by atoms with Crippen molar-refractivity contribution < 1.29 is 0 Å². The summed E-state index contributed by atoms with van der Waals surface area (Å²) in [5.41, 5.74) is 4.11. The molecule has 0 spiro atoms. The molecule has 0 aliphatic carbocycles. The molecule has 0 unspecified atom stereocenters. The summed E-state index contributed by atoms with van der Waals surface area (Å²) in [7, 11) is 3.79. The Morgan fingerprint density at radius 3 is 2.62 bits per heavy atom. The van der Waals surface area contributed by atoms with Gasteiger partial charge >= 0.3 is 0 Å². The molecule has 0 atom stereocenters. The summed E-state index contributed by atoms with van der Waals surface area (Å²) in [6.07, 6.45) is 1.74. The molecule has 0 fully saturated rings. The van der Waals surface area contributed by atoms with Crippen LogP contribution in [0.2, 0.25) is 0 Å². The van der Waals surface area contributed by atoms with Gasteiger partial charge in [-0.2, -0.15) is 5.10 Å². The number of rotatable bonds is 1. The van der Waals surface area contributed by atoms with Crippen LogP contribution in [0, 0.1) is 0 Å². The third-order valence-electron chi connectivity index (χ3n) is 4.06. The first-order valence-corrected chi connectivity index (χ1v) is 6.75. The van der Waals surface area contributed by atoms with Gasteiger partial charge < -0.3 is 4.57 Å². The number of aryl methyl sites for hydroxylation is 2. The van der Waals surface area contributed by atoms with Gasteiger partial charge in [0.25, 0.3) is 5.56 Å². The molecular weight excluding hydrogens is 264 g/mol. The van der Waals surface area contributed by atoms with Gasteiger partial charge in [0.2, 0.25) is 0 Å². The highest BCUT2D eigenvalue weighted by Crippen LogP contribution is 2.30. The summed E-state index contributed by atoms with van der Waals surface area (Å²) in [5, 5.41) is 9.19. The lowest BCUT2D eigenvalue weighted by Crippen LogP contribution is -2.16. The summed E-state index contributed by atoms with van der Waals surface area (Å²) in [5.74, 6) is 0. The highest BCUT2D eigenvalue weighted by molar-refractivity contribution is 6.08. The Balaban J connectivity index is 2.15. The predicted molar refractivity (Wildman–Crippen MR) is 83.2 cm³/mol. The summed E-state index contributed by atoms with van der Waals surface area (Å²) in [4.78, 5) is 11.9. The largest absolute Gasteiger partial charge is 0.330 e. The monoisotopic (exact) mass is 278 g/mol. The standard InChI is InChI=1S/C16H14N4O/c1-19-14-5-3-10(13-7-8-17-18-13)9-12(14)11-4-6-15(21)20(2)16(11)19/h3-9H,1-2H3,(H,17,18). The van der Waals surface area contributed by atoms with Crippen LogP contribution in [-0.4, -0.2) is 19.3 Å². The first kappa shape index (κ1) is 12.0. The van der Waals surface area contributed by atoms with E-state index in [4.69, 9.17) is 0 Å². The van der Waals surface area contributed by atoms with Gasteiger partial charge in [0.05, 0.1) is 11.2 Å². The van der Waals surface area contributed by atoms with E-state index < -0.39 is 0 Å². The maximum atomic E-state index is 11.9. The van der Waals surface area contributed by atoms with Gasteiger partial charge in [0.1, 0.15) is 5.65 Å². The molecule has 4 rings (SSSR count). The van der Waals surface area contributed by atoms with Crippen molar-refractivity contribution in [3.05, 3.63) is 52.9 Å². The number of benzene rings is 1. The van der Waals surface area contributed by atoms with Gasteiger partial charge in [-0.05, 0) is 24.3 Å². The highest BCUT2D eigenvalue weighted by Gasteiger charge is 2.12. The molecular formula is C16H14N4O. The third-order valence-corrected chi connectivity index (χ3v) is 4.06. The number of H-pyrrole nitrogens is 1. The molecule has 0 saturated heterocycles. The molecule has 0 radical (unpaired) electrons. The van der Waals surface area contributed by atoms with E-state index in [1.165, 1.54) is 0 Å². The minimum absolute atomic E-state index is 0.00203. The third kappa shape index (κ3) is 1.57. The van der Waals surface area contributed by atoms with E-state index in [9.17, 15) is 4.79 Å². The fraction of sp³-hybridized carbons (Fsp3) is 0.125. The molecule has 0 aliphatic heterocycles. The fourth-order valence-electron chi connectivity index (χ4n) is 2.98. The number of nitrogens with one attached hydrogen (secondary N) is 1. The smallest absolute Gasteiger partial charge is 0.251 e. The van der Waals surface area contributed by atoms with E-state index in [1.807, 2.05) is 19.2 Å². The highest BCUT2D eigenvalue weighted by atomic mass is 16.1. The van der Waals surface area contributed by atoms with Crippen LogP contribution in [0.1, 0.15) is 0 Å². The Labute approximate surface area is 120 Å². The Kier molecular flexibility index (Phi) is 2.33. The molecule has 1 N–H and O–H groups in total. The summed E-state index contributed by atoms with van der Waals surface area (Å²) >= 11 is 0. The zero-order valence-electron chi connectivity index (χ0n) is 11.8. The maximum absolute atomic E-state index is 11.9. The van der Waals surface area contributed by atoms with Crippen LogP contribution in [0.5, 0.6) is 0 Å². The average Bonchev–Trinajstić information content (AvgIpc) is 3.11. The van der Waals surface area contributed by atoms with E-state index in [2.05, 4.69) is 33.0 Å². The molecule has 104 valence electrons. The summed E-state index contributed by atoms with van der Waals surface area (Å²) in [6, 6.07) is 11.7. The molecule has 4 aromatic rings. The van der Waals surface area contributed by atoms with Crippen molar-refractivity contribution in [1.82, 2.24) is 19.3 Å². The van der Waals surface area contributed by atoms with Crippen LogP contribution < -0.4 is 5.56 Å². The second-order valence-corrected chi connectivity index (χ2v) is 5.23. The Hall–Kier alpha value is -2.82. The van der Waals surface area contributed by atoms with Crippen molar-refractivity contribution in [3.63, 3.8) is 0 Å².